The highest BCUT2D eigenvalue weighted by Crippen LogP contribution is 2.44. The van der Waals surface area contributed by atoms with E-state index in [0.29, 0.717) is 0 Å². The van der Waals surface area contributed by atoms with Gasteiger partial charge in [0.2, 0.25) is 0 Å². The van der Waals surface area contributed by atoms with E-state index < -0.39 is 0 Å². The van der Waals surface area contributed by atoms with Gasteiger partial charge in [0.15, 0.2) is 0 Å². The second kappa shape index (κ2) is 4.56. The normalized spacial score (nSPS) is 11.9. The Morgan fingerprint density at radius 1 is 0.652 bits per heavy atom. The van der Waals surface area contributed by atoms with Gasteiger partial charge in [0.25, 0.3) is 0 Å². The number of hydrogen-bond donors (Lipinski definition) is 0. The Labute approximate surface area is 142 Å². The lowest BCUT2D eigenvalue weighted by atomic mass is 9.88. The lowest BCUT2D eigenvalue weighted by Gasteiger charge is -2.16. The summed E-state index contributed by atoms with van der Waals surface area (Å²) in [6.07, 6.45) is 1.97. The quantitative estimate of drug-likeness (QED) is 0.221. The van der Waals surface area contributed by atoms with Crippen LogP contribution in [0.4, 0.5) is 0 Å². The van der Waals surface area contributed by atoms with Crippen molar-refractivity contribution >= 4 is 65.1 Å². The van der Waals surface area contributed by atoms with Gasteiger partial charge >= 0.3 is 0 Å². The summed E-state index contributed by atoms with van der Waals surface area (Å²) in [5, 5.41) is 10.4. The fourth-order valence-electron chi connectivity index (χ4n) is 3.89. The van der Waals surface area contributed by atoms with Gasteiger partial charge in [-0.1, -0.05) is 83.2 Å². The van der Waals surface area contributed by atoms with Gasteiger partial charge in [-0.25, -0.2) is 0 Å². The second-order valence-corrected chi connectivity index (χ2v) is 6.82. The van der Waals surface area contributed by atoms with Crippen LogP contribution in [0.25, 0.3) is 49.2 Å². The van der Waals surface area contributed by atoms with Crippen molar-refractivity contribution < 1.29 is 0 Å². The molecule has 5 aromatic carbocycles. The largest absolute Gasteiger partial charge is 0.0984 e. The lowest BCUT2D eigenvalue weighted by Crippen LogP contribution is -1.89. The maximum absolute atomic E-state index is 4.03. The van der Waals surface area contributed by atoms with E-state index in [2.05, 4.69) is 83.2 Å². The molecule has 1 heteroatoms. The smallest absolute Gasteiger partial charge is 0.0260 e. The van der Waals surface area contributed by atoms with Gasteiger partial charge in [0, 0.05) is 9.86 Å². The summed E-state index contributed by atoms with van der Waals surface area (Å²) >= 11 is 3.78. The van der Waals surface area contributed by atoms with E-state index >= 15 is 0 Å². The van der Waals surface area contributed by atoms with E-state index in [9.17, 15) is 0 Å². The molecule has 0 unspecified atom stereocenters. The third kappa shape index (κ3) is 1.60. The molecule has 23 heavy (non-hydrogen) atoms. The minimum atomic E-state index is 1.15. The number of hydrogen-bond acceptors (Lipinski definition) is 0. The second-order valence-electron chi connectivity index (χ2n) is 5.96. The maximum atomic E-state index is 4.03. The van der Waals surface area contributed by atoms with Gasteiger partial charge in [0.05, 0.1) is 0 Å². The minimum Gasteiger partial charge on any atom is -0.0984 e. The molecule has 108 valence electrons. The fraction of sp³-hybridized carbons (Fsp3) is 0. The van der Waals surface area contributed by atoms with Gasteiger partial charge in [-0.2, -0.15) is 0 Å². The highest BCUT2D eigenvalue weighted by Gasteiger charge is 2.15. The van der Waals surface area contributed by atoms with Crippen molar-refractivity contribution in [2.45, 2.75) is 0 Å². The van der Waals surface area contributed by atoms with Gasteiger partial charge in [-0.05, 0) is 49.3 Å². The summed E-state index contributed by atoms with van der Waals surface area (Å²) in [5.74, 6) is 0. The van der Waals surface area contributed by atoms with E-state index in [0.717, 1.165) is 4.47 Å². The molecule has 0 aliphatic heterocycles. The summed E-state index contributed by atoms with van der Waals surface area (Å²) in [7, 11) is 0. The van der Waals surface area contributed by atoms with Gasteiger partial charge < -0.3 is 0 Å². The van der Waals surface area contributed by atoms with Crippen LogP contribution < -0.4 is 0 Å². The molecule has 0 amide bonds. The number of fused-ring (bicyclic) bond motifs is 2. The average Bonchev–Trinajstić information content (AvgIpc) is 2.60. The number of benzene rings is 5. The maximum Gasteiger partial charge on any atom is 0.0260 e. The zero-order chi connectivity index (χ0) is 15.6. The predicted octanol–water partition coefficient (Wildman–Crippen LogP) is 7.14. The molecular formula is C22H13Br. The third-order valence-electron chi connectivity index (χ3n) is 4.83. The molecule has 0 N–H and O–H groups in total. The van der Waals surface area contributed by atoms with Crippen LogP contribution in [0.1, 0.15) is 5.56 Å². The fourth-order valence-corrected chi connectivity index (χ4v) is 4.43. The molecule has 5 aromatic rings. The van der Waals surface area contributed by atoms with Crippen LogP contribution in [0.5, 0.6) is 0 Å². The summed E-state index contributed by atoms with van der Waals surface area (Å²) in [4.78, 5) is 0. The molecule has 0 aliphatic carbocycles. The Bertz CT molecular complexity index is 1230. The summed E-state index contributed by atoms with van der Waals surface area (Å²) in [6.45, 7) is 4.03. The van der Waals surface area contributed by atoms with Gasteiger partial charge in [-0.3, -0.25) is 0 Å². The molecule has 0 atom stereocenters. The van der Waals surface area contributed by atoms with E-state index in [1.165, 1.54) is 48.7 Å². The van der Waals surface area contributed by atoms with Crippen molar-refractivity contribution in [3.05, 3.63) is 77.3 Å². The molecule has 0 aliphatic rings. The van der Waals surface area contributed by atoms with Crippen LogP contribution in [0.15, 0.2) is 71.7 Å². The van der Waals surface area contributed by atoms with Crippen LogP contribution in [0.2, 0.25) is 0 Å². The molecule has 0 radical (unpaired) electrons. The van der Waals surface area contributed by atoms with Crippen molar-refractivity contribution in [2.24, 2.45) is 0 Å². The van der Waals surface area contributed by atoms with Crippen LogP contribution >= 0.6 is 15.9 Å². The summed E-state index contributed by atoms with van der Waals surface area (Å²) in [6, 6.07) is 21.9. The number of rotatable bonds is 1. The van der Waals surface area contributed by atoms with Crippen LogP contribution in [0.3, 0.4) is 0 Å². The third-order valence-corrected chi connectivity index (χ3v) is 5.49. The molecule has 0 aromatic heterocycles. The lowest BCUT2D eigenvalue weighted by molar-refractivity contribution is 1.74. The molecule has 0 heterocycles. The molecule has 0 saturated heterocycles. The van der Waals surface area contributed by atoms with E-state index in [1.54, 1.807) is 0 Å². The highest BCUT2D eigenvalue weighted by atomic mass is 79.9. The Morgan fingerprint density at radius 3 is 1.96 bits per heavy atom. The Kier molecular flexibility index (Phi) is 2.60. The molecule has 0 bridgehead atoms. The Hall–Kier alpha value is -2.38. The van der Waals surface area contributed by atoms with Crippen LogP contribution in [0, 0.1) is 0 Å². The van der Waals surface area contributed by atoms with Crippen molar-refractivity contribution in [2.75, 3.05) is 0 Å². The first-order valence-corrected chi connectivity index (χ1v) is 8.49. The first-order chi connectivity index (χ1) is 11.3. The highest BCUT2D eigenvalue weighted by molar-refractivity contribution is 9.10. The van der Waals surface area contributed by atoms with Crippen LogP contribution in [-0.4, -0.2) is 0 Å². The summed E-state index contributed by atoms with van der Waals surface area (Å²) in [5.41, 5.74) is 1.20. The molecule has 0 fully saturated rings. The topological polar surface area (TPSA) is 0 Å². The standard InChI is InChI=1S/C22H13Br/c1-2-13-9-10-14-5-4-8-17-20(14)19(13)16-7-3-6-15-11-12-18(23)22(17)21(15)16/h2-12H,1H2. The zero-order valence-corrected chi connectivity index (χ0v) is 14.0. The van der Waals surface area contributed by atoms with Crippen molar-refractivity contribution in [3.8, 4) is 0 Å². The number of halogens is 1. The van der Waals surface area contributed by atoms with Crippen molar-refractivity contribution in [1.29, 1.82) is 0 Å². The molecule has 0 nitrogen and oxygen atoms in total. The van der Waals surface area contributed by atoms with Gasteiger partial charge in [0.1, 0.15) is 0 Å². The predicted molar refractivity (Wildman–Crippen MR) is 105 cm³/mol. The monoisotopic (exact) mass is 356 g/mol. The van der Waals surface area contributed by atoms with Crippen molar-refractivity contribution in [3.63, 3.8) is 0 Å². The Morgan fingerprint density at radius 2 is 1.26 bits per heavy atom. The zero-order valence-electron chi connectivity index (χ0n) is 12.4. The van der Waals surface area contributed by atoms with E-state index in [-0.39, 0.29) is 0 Å². The Balaban J connectivity index is 2.32. The summed E-state index contributed by atoms with van der Waals surface area (Å²) < 4.78 is 1.15. The van der Waals surface area contributed by atoms with E-state index in [1.807, 2.05) is 6.08 Å². The first kappa shape index (κ1) is 13.1. The van der Waals surface area contributed by atoms with Crippen molar-refractivity contribution in [1.82, 2.24) is 0 Å². The average molecular weight is 357 g/mol. The SMILES string of the molecule is C=Cc1ccc2cccc3c4c(Br)ccc5cccc(c1c23)c54. The van der Waals surface area contributed by atoms with Crippen LogP contribution in [-0.2, 0) is 0 Å². The van der Waals surface area contributed by atoms with E-state index in [4.69, 9.17) is 0 Å². The molecule has 0 spiro atoms. The molecule has 5 rings (SSSR count). The minimum absolute atomic E-state index is 1.15. The van der Waals surface area contributed by atoms with Gasteiger partial charge in [-0.15, -0.1) is 0 Å². The molecular weight excluding hydrogens is 344 g/mol. The first-order valence-electron chi connectivity index (χ1n) is 7.70. The molecule has 0 saturated carbocycles.